The lowest BCUT2D eigenvalue weighted by atomic mass is 9.83. The van der Waals surface area contributed by atoms with E-state index in [0.717, 1.165) is 43.3 Å². The molecule has 2 fully saturated rings. The summed E-state index contributed by atoms with van der Waals surface area (Å²) in [6.07, 6.45) is 9.38. The molecule has 3 aromatic rings. The van der Waals surface area contributed by atoms with Gasteiger partial charge in [0.25, 0.3) is 0 Å². The van der Waals surface area contributed by atoms with Gasteiger partial charge in [0, 0.05) is 19.6 Å². The van der Waals surface area contributed by atoms with E-state index in [-0.39, 0.29) is 5.82 Å². The minimum absolute atomic E-state index is 0.240. The lowest BCUT2D eigenvalue weighted by molar-refractivity contribution is 0.266. The zero-order valence-corrected chi connectivity index (χ0v) is 17.7. The first-order valence-electron chi connectivity index (χ1n) is 11.1. The Hall–Kier alpha value is -2.71. The molecule has 0 radical (unpaired) electrons. The van der Waals surface area contributed by atoms with Crippen LogP contribution in [0.3, 0.4) is 0 Å². The Bertz CT molecular complexity index is 1080. The Balaban J connectivity index is 1.56. The van der Waals surface area contributed by atoms with Crippen molar-refractivity contribution in [3.63, 3.8) is 0 Å². The van der Waals surface area contributed by atoms with E-state index in [1.54, 1.807) is 0 Å². The van der Waals surface area contributed by atoms with Crippen LogP contribution in [0.5, 0.6) is 0 Å². The van der Waals surface area contributed by atoms with Crippen LogP contribution in [0.2, 0.25) is 0 Å². The lowest BCUT2D eigenvalue weighted by Gasteiger charge is -2.32. The number of imidazole rings is 1. The van der Waals surface area contributed by atoms with Gasteiger partial charge in [-0.15, -0.1) is 0 Å². The number of piperidine rings is 1. The number of fused-ring (bicyclic) bond motifs is 1. The molecular weight excluding hydrogens is 382 g/mol. The summed E-state index contributed by atoms with van der Waals surface area (Å²) >= 11 is 0. The van der Waals surface area contributed by atoms with Crippen molar-refractivity contribution < 1.29 is 4.52 Å². The number of hydrogen-bond donors (Lipinski definition) is 1. The molecule has 1 saturated heterocycles. The number of hydrogen-bond acceptors (Lipinski definition) is 7. The molecule has 9 heteroatoms. The maximum Gasteiger partial charge on any atom is 0.439 e. The van der Waals surface area contributed by atoms with E-state index >= 15 is 0 Å². The fourth-order valence-electron chi connectivity index (χ4n) is 4.92. The average Bonchev–Trinajstić information content (AvgIpc) is 3.35. The zero-order chi connectivity index (χ0) is 20.7. The van der Waals surface area contributed by atoms with Gasteiger partial charge in [-0.05, 0) is 43.4 Å². The molecule has 1 atom stereocenters. The number of rotatable bonds is 4. The number of nitrogens with one attached hydrogen (secondary N) is 1. The minimum Gasteiger partial charge on any atom is -0.354 e. The van der Waals surface area contributed by atoms with E-state index < -0.39 is 5.76 Å². The second-order valence-corrected chi connectivity index (χ2v) is 9.20. The monoisotopic (exact) mass is 411 g/mol. The van der Waals surface area contributed by atoms with E-state index in [2.05, 4.69) is 47.9 Å². The molecule has 9 nitrogen and oxygen atoms in total. The predicted molar refractivity (Wildman–Crippen MR) is 113 cm³/mol. The van der Waals surface area contributed by atoms with Crippen LogP contribution in [0.4, 0.5) is 5.82 Å². The molecule has 5 rings (SSSR count). The first-order chi connectivity index (χ1) is 14.6. The van der Waals surface area contributed by atoms with E-state index in [1.807, 2.05) is 6.33 Å². The van der Waals surface area contributed by atoms with E-state index in [9.17, 15) is 4.79 Å². The van der Waals surface area contributed by atoms with Crippen LogP contribution in [-0.2, 0) is 6.54 Å². The molecule has 0 amide bonds. The van der Waals surface area contributed by atoms with Gasteiger partial charge in [-0.1, -0.05) is 31.8 Å². The van der Waals surface area contributed by atoms with Gasteiger partial charge in [-0.25, -0.2) is 19.7 Å². The quantitative estimate of drug-likeness (QED) is 0.702. The summed E-state index contributed by atoms with van der Waals surface area (Å²) in [4.78, 5) is 30.4. The van der Waals surface area contributed by atoms with Crippen LogP contribution in [0.25, 0.3) is 22.8 Å². The van der Waals surface area contributed by atoms with Gasteiger partial charge in [0.15, 0.2) is 11.5 Å². The van der Waals surface area contributed by atoms with E-state index in [0.29, 0.717) is 23.3 Å². The molecule has 0 spiro atoms. The Morgan fingerprint density at radius 3 is 2.70 bits per heavy atom. The van der Waals surface area contributed by atoms with Crippen molar-refractivity contribution >= 4 is 17.0 Å². The smallest absolute Gasteiger partial charge is 0.354 e. The van der Waals surface area contributed by atoms with Gasteiger partial charge in [0.05, 0.1) is 6.33 Å². The molecule has 4 heterocycles. The molecule has 2 aliphatic rings. The minimum atomic E-state index is -0.612. The topological polar surface area (TPSA) is 106 Å². The van der Waals surface area contributed by atoms with Crippen LogP contribution in [0, 0.1) is 17.8 Å². The first kappa shape index (κ1) is 19.3. The molecule has 1 aliphatic heterocycles. The van der Waals surface area contributed by atoms with Gasteiger partial charge < -0.3 is 9.47 Å². The average molecular weight is 412 g/mol. The Morgan fingerprint density at radius 2 is 1.97 bits per heavy atom. The fraction of sp³-hybridized carbons (Fsp3) is 0.667. The molecule has 0 aromatic carbocycles. The summed E-state index contributed by atoms with van der Waals surface area (Å²) in [6.45, 7) is 7.48. The lowest BCUT2D eigenvalue weighted by Crippen LogP contribution is -2.35. The zero-order valence-electron chi connectivity index (χ0n) is 17.7. The van der Waals surface area contributed by atoms with Crippen LogP contribution >= 0.6 is 0 Å². The molecule has 3 aromatic heterocycles. The normalized spacial score (nSPS) is 25.1. The highest BCUT2D eigenvalue weighted by Crippen LogP contribution is 2.33. The highest BCUT2D eigenvalue weighted by Gasteiger charge is 2.26. The van der Waals surface area contributed by atoms with Crippen molar-refractivity contribution in [2.75, 3.05) is 18.0 Å². The number of H-pyrrole nitrogens is 1. The second kappa shape index (κ2) is 7.85. The van der Waals surface area contributed by atoms with Crippen molar-refractivity contribution in [1.82, 2.24) is 29.7 Å². The molecule has 1 saturated carbocycles. The van der Waals surface area contributed by atoms with E-state index in [1.165, 1.54) is 32.1 Å². The molecule has 0 bridgehead atoms. The van der Waals surface area contributed by atoms with Crippen LogP contribution in [0.1, 0.15) is 52.4 Å². The van der Waals surface area contributed by atoms with Gasteiger partial charge >= 0.3 is 5.76 Å². The Kier molecular flexibility index (Phi) is 5.04. The summed E-state index contributed by atoms with van der Waals surface area (Å²) < 4.78 is 6.90. The number of aromatic amines is 1. The van der Waals surface area contributed by atoms with Gasteiger partial charge in [0.1, 0.15) is 5.52 Å². The second-order valence-electron chi connectivity index (χ2n) is 9.20. The Labute approximate surface area is 174 Å². The predicted octanol–water partition coefficient (Wildman–Crippen LogP) is 3.23. The van der Waals surface area contributed by atoms with Gasteiger partial charge in [0.2, 0.25) is 11.6 Å². The first-order valence-corrected chi connectivity index (χ1v) is 11.1. The third kappa shape index (κ3) is 3.73. The maximum absolute atomic E-state index is 11.4. The largest absolute Gasteiger partial charge is 0.439 e. The van der Waals surface area contributed by atoms with Crippen molar-refractivity contribution in [2.45, 2.75) is 58.9 Å². The standard InChI is InChI=1S/C21H29N7O2/c1-13-5-7-15(8-6-13)11-28-12-22-17-16(28)20(27-9-3-4-14(2)10-27)24-18(23-17)19-25-21(29)30-26-19/h12-15H,3-11H2,1-2H3,(H,25,26,29). The van der Waals surface area contributed by atoms with Gasteiger partial charge in [-0.2, -0.15) is 0 Å². The summed E-state index contributed by atoms with van der Waals surface area (Å²) in [5.74, 6) is 2.96. The summed E-state index contributed by atoms with van der Waals surface area (Å²) in [6, 6.07) is 0. The molecular formula is C21H29N7O2. The number of anilines is 1. The van der Waals surface area contributed by atoms with Crippen LogP contribution < -0.4 is 10.7 Å². The van der Waals surface area contributed by atoms with Crippen molar-refractivity contribution in [3.8, 4) is 11.6 Å². The fourth-order valence-corrected chi connectivity index (χ4v) is 4.92. The van der Waals surface area contributed by atoms with Crippen molar-refractivity contribution in [3.05, 3.63) is 16.9 Å². The maximum atomic E-state index is 11.4. The highest BCUT2D eigenvalue weighted by atomic mass is 16.5. The van der Waals surface area contributed by atoms with Crippen molar-refractivity contribution in [1.29, 1.82) is 0 Å². The van der Waals surface area contributed by atoms with Crippen LogP contribution in [0.15, 0.2) is 15.6 Å². The molecule has 1 N–H and O–H groups in total. The summed E-state index contributed by atoms with van der Waals surface area (Å²) in [7, 11) is 0. The molecule has 30 heavy (non-hydrogen) atoms. The molecule has 1 aliphatic carbocycles. The third-order valence-electron chi connectivity index (χ3n) is 6.65. The number of nitrogens with zero attached hydrogens (tertiary/aromatic N) is 6. The van der Waals surface area contributed by atoms with Gasteiger partial charge in [-0.3, -0.25) is 9.51 Å². The van der Waals surface area contributed by atoms with Crippen molar-refractivity contribution in [2.24, 2.45) is 17.8 Å². The van der Waals surface area contributed by atoms with E-state index in [4.69, 9.17) is 4.98 Å². The highest BCUT2D eigenvalue weighted by molar-refractivity contribution is 5.85. The molecule has 1 unspecified atom stereocenters. The number of aromatic nitrogens is 6. The Morgan fingerprint density at radius 1 is 1.13 bits per heavy atom. The SMILES string of the molecule is CC1CCC(Cn2cnc3nc(-c4noc(=O)[nH]4)nc(N4CCCC(C)C4)c32)CC1. The van der Waals surface area contributed by atoms with Crippen LogP contribution in [-0.4, -0.2) is 42.7 Å². The molecule has 160 valence electrons. The summed E-state index contributed by atoms with van der Waals surface area (Å²) in [5, 5.41) is 3.78. The summed E-state index contributed by atoms with van der Waals surface area (Å²) in [5.41, 5.74) is 1.62. The third-order valence-corrected chi connectivity index (χ3v) is 6.65.